The van der Waals surface area contributed by atoms with E-state index in [9.17, 15) is 4.79 Å². The summed E-state index contributed by atoms with van der Waals surface area (Å²) in [5.74, 6) is -0.332. The number of hydrogen-bond acceptors (Lipinski definition) is 3. The zero-order valence-electron chi connectivity index (χ0n) is 7.75. The predicted octanol–water partition coefficient (Wildman–Crippen LogP) is 1.80. The Morgan fingerprint density at radius 1 is 1.85 bits per heavy atom. The summed E-state index contributed by atoms with van der Waals surface area (Å²) >= 11 is 0. The molecule has 70 valence electrons. The molecule has 0 bridgehead atoms. The molecule has 1 atom stereocenters. The summed E-state index contributed by atoms with van der Waals surface area (Å²) in [6.07, 6.45) is 4.15. The van der Waals surface area contributed by atoms with Crippen LogP contribution in [0.2, 0.25) is 0 Å². The Balaban J connectivity index is 2.64. The number of hydrogen-bond donors (Lipinski definition) is 0. The molecular weight excluding hydrogens is 166 g/mol. The largest absolute Gasteiger partial charge is 0.466 e. The minimum absolute atomic E-state index is 0.153. The zero-order chi connectivity index (χ0) is 9.68. The third-order valence-electron chi connectivity index (χ3n) is 2.23. The van der Waals surface area contributed by atoms with Gasteiger partial charge in [0.25, 0.3) is 0 Å². The van der Waals surface area contributed by atoms with E-state index in [2.05, 4.69) is 0 Å². The molecule has 1 unspecified atom stereocenters. The maximum Gasteiger partial charge on any atom is 0.313 e. The molecule has 1 saturated carbocycles. The third-order valence-corrected chi connectivity index (χ3v) is 2.23. The molecular formula is C10H13NO2. The highest BCUT2D eigenvalue weighted by Gasteiger charge is 2.28. The van der Waals surface area contributed by atoms with Crippen LogP contribution in [0.25, 0.3) is 0 Å². The van der Waals surface area contributed by atoms with Crippen molar-refractivity contribution < 1.29 is 9.53 Å². The van der Waals surface area contributed by atoms with Crippen molar-refractivity contribution in [2.75, 3.05) is 6.61 Å². The summed E-state index contributed by atoms with van der Waals surface area (Å²) in [7, 11) is 0. The lowest BCUT2D eigenvalue weighted by Crippen LogP contribution is -2.16. The Labute approximate surface area is 78.0 Å². The van der Waals surface area contributed by atoms with Crippen molar-refractivity contribution in [1.82, 2.24) is 0 Å². The van der Waals surface area contributed by atoms with Crippen LogP contribution < -0.4 is 0 Å². The number of ether oxygens (including phenoxy) is 1. The molecule has 1 rings (SSSR count). The van der Waals surface area contributed by atoms with E-state index in [4.69, 9.17) is 10.00 Å². The summed E-state index contributed by atoms with van der Waals surface area (Å²) in [6.45, 7) is 2.20. The molecule has 0 N–H and O–H groups in total. The van der Waals surface area contributed by atoms with Crippen LogP contribution in [0.3, 0.4) is 0 Å². The molecule has 0 heterocycles. The predicted molar refractivity (Wildman–Crippen MR) is 47.7 cm³/mol. The van der Waals surface area contributed by atoms with Gasteiger partial charge in [0.1, 0.15) is 0 Å². The van der Waals surface area contributed by atoms with Gasteiger partial charge in [0.15, 0.2) is 0 Å². The molecule has 3 nitrogen and oxygen atoms in total. The van der Waals surface area contributed by atoms with Crippen LogP contribution in [0, 0.1) is 17.2 Å². The van der Waals surface area contributed by atoms with Gasteiger partial charge >= 0.3 is 5.97 Å². The topological polar surface area (TPSA) is 50.1 Å². The Morgan fingerprint density at radius 2 is 2.62 bits per heavy atom. The van der Waals surface area contributed by atoms with Crippen LogP contribution >= 0.6 is 0 Å². The molecule has 1 aliphatic carbocycles. The van der Waals surface area contributed by atoms with Crippen molar-refractivity contribution in [2.24, 2.45) is 5.92 Å². The van der Waals surface area contributed by atoms with E-state index in [1.54, 1.807) is 6.92 Å². The van der Waals surface area contributed by atoms with Crippen LogP contribution in [0.5, 0.6) is 0 Å². The highest BCUT2D eigenvalue weighted by molar-refractivity contribution is 5.76. The average Bonchev–Trinajstić information content (AvgIpc) is 2.54. The van der Waals surface area contributed by atoms with Gasteiger partial charge in [-0.15, -0.1) is 0 Å². The molecule has 0 aromatic heterocycles. The van der Waals surface area contributed by atoms with E-state index in [1.165, 1.54) is 6.08 Å². The Kier molecular flexibility index (Phi) is 3.51. The van der Waals surface area contributed by atoms with Crippen molar-refractivity contribution in [2.45, 2.75) is 26.2 Å². The zero-order valence-corrected chi connectivity index (χ0v) is 7.75. The second-order valence-corrected chi connectivity index (χ2v) is 3.05. The lowest BCUT2D eigenvalue weighted by Gasteiger charge is -2.09. The molecule has 0 aromatic rings. The third kappa shape index (κ3) is 2.32. The fourth-order valence-electron chi connectivity index (χ4n) is 1.64. The van der Waals surface area contributed by atoms with Gasteiger partial charge < -0.3 is 4.74 Å². The summed E-state index contributed by atoms with van der Waals surface area (Å²) in [5.41, 5.74) is 0.931. The lowest BCUT2D eigenvalue weighted by atomic mass is 10.0. The van der Waals surface area contributed by atoms with Crippen LogP contribution in [0.4, 0.5) is 0 Å². The Hall–Kier alpha value is -1.30. The SMILES string of the molecule is CCOC(=O)C1CCCC1=CC#N. The highest BCUT2D eigenvalue weighted by atomic mass is 16.5. The van der Waals surface area contributed by atoms with Crippen LogP contribution in [-0.4, -0.2) is 12.6 Å². The van der Waals surface area contributed by atoms with Crippen molar-refractivity contribution in [3.8, 4) is 6.07 Å². The first kappa shape index (κ1) is 9.79. The van der Waals surface area contributed by atoms with E-state index in [0.29, 0.717) is 6.61 Å². The monoisotopic (exact) mass is 179 g/mol. The van der Waals surface area contributed by atoms with Gasteiger partial charge in [-0.3, -0.25) is 4.79 Å². The summed E-state index contributed by atoms with van der Waals surface area (Å²) in [5, 5.41) is 8.48. The quantitative estimate of drug-likeness (QED) is 0.479. The van der Waals surface area contributed by atoms with E-state index < -0.39 is 0 Å². The maximum atomic E-state index is 11.4. The number of rotatable bonds is 2. The minimum Gasteiger partial charge on any atom is -0.466 e. The second-order valence-electron chi connectivity index (χ2n) is 3.05. The van der Waals surface area contributed by atoms with Crippen LogP contribution in [-0.2, 0) is 9.53 Å². The Bertz CT molecular complexity index is 263. The minimum atomic E-state index is -0.179. The number of nitriles is 1. The lowest BCUT2D eigenvalue weighted by molar-refractivity contribution is -0.146. The molecule has 13 heavy (non-hydrogen) atoms. The first-order chi connectivity index (χ1) is 6.29. The fraction of sp³-hybridized carbons (Fsp3) is 0.600. The molecule has 0 spiro atoms. The average molecular weight is 179 g/mol. The van der Waals surface area contributed by atoms with Crippen molar-refractivity contribution in [3.05, 3.63) is 11.6 Å². The molecule has 0 radical (unpaired) electrons. The number of esters is 1. The number of carbonyl (C=O) groups is 1. The summed E-state index contributed by atoms with van der Waals surface area (Å²) in [4.78, 5) is 11.4. The summed E-state index contributed by atoms with van der Waals surface area (Å²) < 4.78 is 4.91. The van der Waals surface area contributed by atoms with Gasteiger partial charge in [0, 0.05) is 6.08 Å². The molecule has 1 fully saturated rings. The summed E-state index contributed by atoms with van der Waals surface area (Å²) in [6, 6.07) is 1.97. The number of nitrogens with zero attached hydrogens (tertiary/aromatic N) is 1. The van der Waals surface area contributed by atoms with E-state index in [-0.39, 0.29) is 11.9 Å². The molecule has 0 aromatic carbocycles. The van der Waals surface area contributed by atoms with Gasteiger partial charge in [-0.05, 0) is 31.8 Å². The van der Waals surface area contributed by atoms with Crippen molar-refractivity contribution in [1.29, 1.82) is 5.26 Å². The standard InChI is InChI=1S/C10H13NO2/c1-2-13-10(12)9-5-3-4-8(9)6-7-11/h6,9H,2-5H2,1H3. The molecule has 1 aliphatic rings. The maximum absolute atomic E-state index is 11.4. The number of allylic oxidation sites excluding steroid dienone is 1. The first-order valence-corrected chi connectivity index (χ1v) is 4.54. The van der Waals surface area contributed by atoms with Gasteiger partial charge in [-0.2, -0.15) is 5.26 Å². The smallest absolute Gasteiger partial charge is 0.313 e. The molecule has 0 amide bonds. The van der Waals surface area contributed by atoms with Crippen LogP contribution in [0.15, 0.2) is 11.6 Å². The van der Waals surface area contributed by atoms with Gasteiger partial charge in [-0.25, -0.2) is 0 Å². The number of carbonyl (C=O) groups excluding carboxylic acids is 1. The normalized spacial score (nSPS) is 24.3. The van der Waals surface area contributed by atoms with Crippen molar-refractivity contribution >= 4 is 5.97 Å². The van der Waals surface area contributed by atoms with E-state index in [1.807, 2.05) is 6.07 Å². The van der Waals surface area contributed by atoms with E-state index in [0.717, 1.165) is 24.8 Å². The van der Waals surface area contributed by atoms with Crippen LogP contribution in [0.1, 0.15) is 26.2 Å². The highest BCUT2D eigenvalue weighted by Crippen LogP contribution is 2.31. The molecule has 0 aliphatic heterocycles. The first-order valence-electron chi connectivity index (χ1n) is 4.54. The van der Waals surface area contributed by atoms with Gasteiger partial charge in [0.05, 0.1) is 18.6 Å². The van der Waals surface area contributed by atoms with Gasteiger partial charge in [0.2, 0.25) is 0 Å². The second kappa shape index (κ2) is 4.66. The fourth-order valence-corrected chi connectivity index (χ4v) is 1.64. The van der Waals surface area contributed by atoms with Gasteiger partial charge in [-0.1, -0.05) is 0 Å². The Morgan fingerprint density at radius 3 is 3.23 bits per heavy atom. The molecule has 0 saturated heterocycles. The molecule has 3 heteroatoms. The van der Waals surface area contributed by atoms with E-state index >= 15 is 0 Å². The van der Waals surface area contributed by atoms with Crippen molar-refractivity contribution in [3.63, 3.8) is 0 Å².